The Balaban J connectivity index is 2.49. The topological polar surface area (TPSA) is 107 Å². The number of aliphatic carboxylic acids is 1. The van der Waals surface area contributed by atoms with Crippen LogP contribution in [0.25, 0.3) is 18.2 Å². The molecule has 0 heterocycles. The van der Waals surface area contributed by atoms with Crippen LogP contribution < -0.4 is 4.74 Å². The summed E-state index contributed by atoms with van der Waals surface area (Å²) in [5, 5.41) is 37.5. The molecule has 0 aromatic heterocycles. The summed E-state index contributed by atoms with van der Waals surface area (Å²) in [6.45, 7) is 0. The fraction of sp³-hybridized carbons (Fsp3) is 0.0556. The Hall–Kier alpha value is -3.41. The largest absolute Gasteiger partial charge is 0.504 e. The molecule has 0 aliphatic heterocycles. The summed E-state index contributed by atoms with van der Waals surface area (Å²) < 4.78 is 5.18. The molecule has 0 aliphatic rings. The Morgan fingerprint density at radius 2 is 1.67 bits per heavy atom. The molecule has 0 radical (unpaired) electrons. The minimum atomic E-state index is -1.10. The normalized spacial score (nSPS) is 11.2. The Bertz CT molecular complexity index is 820. The molecule has 0 unspecified atom stereocenters. The second-order valence-electron chi connectivity index (χ2n) is 4.87. The molecule has 2 aromatic rings. The van der Waals surface area contributed by atoms with Crippen molar-refractivity contribution < 1.29 is 30.0 Å². The van der Waals surface area contributed by atoms with E-state index in [-0.39, 0.29) is 23.0 Å². The molecule has 0 saturated heterocycles. The fourth-order valence-corrected chi connectivity index (χ4v) is 2.12. The molecule has 2 rings (SSSR count). The third-order valence-corrected chi connectivity index (χ3v) is 3.26. The Morgan fingerprint density at radius 1 is 0.958 bits per heavy atom. The zero-order valence-corrected chi connectivity index (χ0v) is 12.8. The molecule has 0 amide bonds. The van der Waals surface area contributed by atoms with E-state index in [4.69, 9.17) is 9.84 Å². The van der Waals surface area contributed by atoms with Crippen molar-refractivity contribution in [2.45, 2.75) is 0 Å². The Labute approximate surface area is 138 Å². The average Bonchev–Trinajstić information content (AvgIpc) is 2.54. The first kappa shape index (κ1) is 17.0. The van der Waals surface area contributed by atoms with E-state index in [1.165, 1.54) is 31.4 Å². The molecular formula is C18H16O6. The predicted molar refractivity (Wildman–Crippen MR) is 90.0 cm³/mol. The highest BCUT2D eigenvalue weighted by atomic mass is 16.5. The van der Waals surface area contributed by atoms with Crippen LogP contribution in [0.15, 0.2) is 36.4 Å². The van der Waals surface area contributed by atoms with Gasteiger partial charge in [0.1, 0.15) is 0 Å². The van der Waals surface area contributed by atoms with Crippen molar-refractivity contribution in [1.29, 1.82) is 0 Å². The first-order chi connectivity index (χ1) is 11.4. The second-order valence-corrected chi connectivity index (χ2v) is 4.87. The highest BCUT2D eigenvalue weighted by Crippen LogP contribution is 2.35. The molecule has 6 nitrogen and oxygen atoms in total. The van der Waals surface area contributed by atoms with E-state index in [1.54, 1.807) is 24.3 Å². The molecule has 0 fully saturated rings. The summed E-state index contributed by atoms with van der Waals surface area (Å²) in [6, 6.07) is 7.27. The predicted octanol–water partition coefficient (Wildman–Crippen LogP) is 3.08. The van der Waals surface area contributed by atoms with Crippen molar-refractivity contribution in [2.75, 3.05) is 7.11 Å². The molecular weight excluding hydrogens is 312 g/mol. The van der Waals surface area contributed by atoms with Gasteiger partial charge in [-0.2, -0.15) is 0 Å². The van der Waals surface area contributed by atoms with Crippen LogP contribution in [0.2, 0.25) is 0 Å². The maximum Gasteiger partial charge on any atom is 0.328 e. The number of carboxylic acid groups (broad SMARTS) is 1. The number of rotatable bonds is 5. The average molecular weight is 328 g/mol. The number of ether oxygens (including phenoxy) is 1. The van der Waals surface area contributed by atoms with E-state index in [0.29, 0.717) is 16.7 Å². The van der Waals surface area contributed by atoms with Gasteiger partial charge in [0.15, 0.2) is 23.0 Å². The second kappa shape index (κ2) is 7.23. The molecule has 0 atom stereocenters. The van der Waals surface area contributed by atoms with E-state index in [2.05, 4.69) is 0 Å². The minimum absolute atomic E-state index is 0.0850. The number of carbonyl (C=O) groups is 1. The number of phenolic OH excluding ortho intramolecular Hbond substituents is 3. The van der Waals surface area contributed by atoms with Gasteiger partial charge in [-0.15, -0.1) is 0 Å². The summed E-state index contributed by atoms with van der Waals surface area (Å²) in [5.74, 6) is -1.47. The monoisotopic (exact) mass is 328 g/mol. The van der Waals surface area contributed by atoms with E-state index in [0.717, 1.165) is 6.08 Å². The summed E-state index contributed by atoms with van der Waals surface area (Å²) in [7, 11) is 1.39. The lowest BCUT2D eigenvalue weighted by atomic mass is 10.0. The Kier molecular flexibility index (Phi) is 5.11. The third-order valence-electron chi connectivity index (χ3n) is 3.26. The lowest BCUT2D eigenvalue weighted by Crippen LogP contribution is -1.92. The quantitative estimate of drug-likeness (QED) is 0.382. The summed E-state index contributed by atoms with van der Waals surface area (Å²) in [4.78, 5) is 10.7. The Morgan fingerprint density at radius 3 is 2.29 bits per heavy atom. The first-order valence-electron chi connectivity index (χ1n) is 6.93. The van der Waals surface area contributed by atoms with Crippen molar-refractivity contribution in [2.24, 2.45) is 0 Å². The fourth-order valence-electron chi connectivity index (χ4n) is 2.12. The number of aromatic hydroxyl groups is 3. The van der Waals surface area contributed by atoms with Crippen molar-refractivity contribution in [3.05, 3.63) is 53.1 Å². The molecule has 0 saturated carbocycles. The van der Waals surface area contributed by atoms with E-state index in [1.807, 2.05) is 0 Å². The highest BCUT2D eigenvalue weighted by molar-refractivity contribution is 5.88. The number of hydrogen-bond acceptors (Lipinski definition) is 5. The van der Waals surface area contributed by atoms with Gasteiger partial charge >= 0.3 is 5.97 Å². The van der Waals surface area contributed by atoms with Crippen molar-refractivity contribution in [3.63, 3.8) is 0 Å². The van der Waals surface area contributed by atoms with Gasteiger partial charge in [-0.25, -0.2) is 4.79 Å². The molecule has 4 N–H and O–H groups in total. The third kappa shape index (κ3) is 3.86. The molecule has 124 valence electrons. The first-order valence-corrected chi connectivity index (χ1v) is 6.93. The molecule has 6 heteroatoms. The van der Waals surface area contributed by atoms with Crippen LogP contribution in [-0.2, 0) is 4.79 Å². The molecule has 0 aliphatic carbocycles. The van der Waals surface area contributed by atoms with Gasteiger partial charge in [0.2, 0.25) is 0 Å². The lowest BCUT2D eigenvalue weighted by molar-refractivity contribution is -0.131. The standard InChI is InChI=1S/C18H16O6/c1-24-18-13(6-2-11-3-7-14(19)16(21)10-11)12(4-8-15(18)20)5-9-17(22)23/h2-10,19-21H,1H3,(H,22,23)/b6-2+,9-5+. The maximum atomic E-state index is 10.7. The zero-order chi connectivity index (χ0) is 17.7. The minimum Gasteiger partial charge on any atom is -0.504 e. The summed E-state index contributed by atoms with van der Waals surface area (Å²) in [6.07, 6.45) is 5.62. The van der Waals surface area contributed by atoms with Crippen LogP contribution in [-0.4, -0.2) is 33.5 Å². The highest BCUT2D eigenvalue weighted by Gasteiger charge is 2.10. The van der Waals surface area contributed by atoms with E-state index < -0.39 is 5.97 Å². The molecule has 24 heavy (non-hydrogen) atoms. The van der Waals surface area contributed by atoms with Gasteiger partial charge in [0.25, 0.3) is 0 Å². The number of hydrogen-bond donors (Lipinski definition) is 4. The molecule has 2 aromatic carbocycles. The van der Waals surface area contributed by atoms with Crippen LogP contribution in [0.4, 0.5) is 0 Å². The lowest BCUT2D eigenvalue weighted by Gasteiger charge is -2.10. The summed E-state index contributed by atoms with van der Waals surface area (Å²) >= 11 is 0. The van der Waals surface area contributed by atoms with Crippen LogP contribution in [0.3, 0.4) is 0 Å². The SMILES string of the molecule is COc1c(O)ccc(/C=C/C(=O)O)c1/C=C/c1ccc(O)c(O)c1. The number of carboxylic acids is 1. The zero-order valence-electron chi connectivity index (χ0n) is 12.8. The van der Waals surface area contributed by atoms with Gasteiger partial charge in [-0.05, 0) is 41.5 Å². The van der Waals surface area contributed by atoms with Crippen LogP contribution in [0.1, 0.15) is 16.7 Å². The number of phenols is 3. The number of methoxy groups -OCH3 is 1. The van der Waals surface area contributed by atoms with Gasteiger partial charge < -0.3 is 25.2 Å². The van der Waals surface area contributed by atoms with Crippen LogP contribution in [0.5, 0.6) is 23.0 Å². The van der Waals surface area contributed by atoms with Gasteiger partial charge in [-0.3, -0.25) is 0 Å². The van der Waals surface area contributed by atoms with Gasteiger partial charge in [-0.1, -0.05) is 18.2 Å². The van der Waals surface area contributed by atoms with E-state index in [9.17, 15) is 20.1 Å². The molecule has 0 bridgehead atoms. The number of benzene rings is 2. The van der Waals surface area contributed by atoms with Gasteiger partial charge in [0.05, 0.1) is 7.11 Å². The smallest absolute Gasteiger partial charge is 0.328 e. The van der Waals surface area contributed by atoms with E-state index >= 15 is 0 Å². The van der Waals surface area contributed by atoms with Crippen LogP contribution in [0, 0.1) is 0 Å². The van der Waals surface area contributed by atoms with Crippen LogP contribution >= 0.6 is 0 Å². The van der Waals surface area contributed by atoms with Gasteiger partial charge in [0, 0.05) is 11.6 Å². The van der Waals surface area contributed by atoms with Crippen molar-refractivity contribution in [1.82, 2.24) is 0 Å². The van der Waals surface area contributed by atoms with Crippen molar-refractivity contribution >= 4 is 24.2 Å². The maximum absolute atomic E-state index is 10.7. The summed E-state index contributed by atoms with van der Waals surface area (Å²) in [5.41, 5.74) is 1.61. The molecule has 0 spiro atoms. The van der Waals surface area contributed by atoms with Crippen molar-refractivity contribution in [3.8, 4) is 23.0 Å².